The van der Waals surface area contributed by atoms with Crippen LogP contribution >= 0.6 is 0 Å². The maximum atomic E-state index is 14.7. The summed E-state index contributed by atoms with van der Waals surface area (Å²) in [5, 5.41) is 10.4. The van der Waals surface area contributed by atoms with Crippen molar-refractivity contribution in [3.8, 4) is 17.6 Å². The van der Waals surface area contributed by atoms with E-state index in [1.807, 2.05) is 0 Å². The Morgan fingerprint density at radius 1 is 1.24 bits per heavy atom. The summed E-state index contributed by atoms with van der Waals surface area (Å²) in [6.45, 7) is -0.271. The molecule has 0 unspecified atom stereocenters. The minimum absolute atomic E-state index is 0.0110. The van der Waals surface area contributed by atoms with E-state index in [4.69, 9.17) is 4.74 Å². The molecule has 3 heterocycles. The van der Waals surface area contributed by atoms with E-state index in [0.717, 1.165) is 22.0 Å². The van der Waals surface area contributed by atoms with Gasteiger partial charge in [0, 0.05) is 18.5 Å². The first kappa shape index (κ1) is 21.0. The summed E-state index contributed by atoms with van der Waals surface area (Å²) in [6, 6.07) is 8.78. The Labute approximate surface area is 187 Å². The van der Waals surface area contributed by atoms with Crippen LogP contribution in [-0.2, 0) is 10.2 Å². The lowest BCUT2D eigenvalue weighted by molar-refractivity contribution is 0.343. The fraction of sp³-hybridized carbons (Fsp3) is 0.190. The van der Waals surface area contributed by atoms with Crippen LogP contribution < -0.4 is 9.46 Å². The number of rotatable bonds is 5. The number of alkyl halides is 1. The molecule has 1 fully saturated rings. The summed E-state index contributed by atoms with van der Waals surface area (Å²) in [6.07, 6.45) is 3.67. The molecule has 5 rings (SSSR count). The van der Waals surface area contributed by atoms with Gasteiger partial charge in [0.15, 0.2) is 11.6 Å². The maximum absolute atomic E-state index is 14.7. The molecule has 1 aliphatic rings. The molecule has 0 bridgehead atoms. The molecule has 1 atom stereocenters. The summed E-state index contributed by atoms with van der Waals surface area (Å²) >= 11 is 0. The number of nitrogens with zero attached hydrogens (tertiary/aromatic N) is 5. The van der Waals surface area contributed by atoms with Gasteiger partial charge in [-0.25, -0.2) is 18.7 Å². The topological polar surface area (TPSA) is 113 Å². The third-order valence-corrected chi connectivity index (χ3v) is 6.83. The second-order valence-corrected chi connectivity index (χ2v) is 9.14. The second-order valence-electron chi connectivity index (χ2n) is 7.47. The Hall–Kier alpha value is -3.82. The Bertz CT molecular complexity index is 1530. The van der Waals surface area contributed by atoms with Crippen molar-refractivity contribution >= 4 is 32.3 Å². The first-order valence-electron chi connectivity index (χ1n) is 9.88. The lowest BCUT2D eigenvalue weighted by Crippen LogP contribution is -2.34. The monoisotopic (exact) mass is 470 g/mol. The number of anilines is 1. The molecule has 1 N–H and O–H groups in total. The van der Waals surface area contributed by atoms with E-state index >= 15 is 0 Å². The van der Waals surface area contributed by atoms with E-state index in [9.17, 15) is 22.5 Å². The number of benzene rings is 2. The van der Waals surface area contributed by atoms with E-state index < -0.39 is 27.9 Å². The predicted molar refractivity (Wildman–Crippen MR) is 115 cm³/mol. The normalized spacial score (nSPS) is 16.8. The van der Waals surface area contributed by atoms with Crippen molar-refractivity contribution < 1.29 is 21.9 Å². The van der Waals surface area contributed by atoms with Gasteiger partial charge in [-0.2, -0.15) is 18.0 Å². The summed E-state index contributed by atoms with van der Waals surface area (Å²) in [4.78, 5) is 8.39. The van der Waals surface area contributed by atoms with E-state index in [-0.39, 0.29) is 36.5 Å². The largest absolute Gasteiger partial charge is 0.453 e. The van der Waals surface area contributed by atoms with Gasteiger partial charge in [0.05, 0.1) is 22.9 Å². The first-order valence-corrected chi connectivity index (χ1v) is 11.3. The van der Waals surface area contributed by atoms with Gasteiger partial charge in [-0.05, 0) is 36.8 Å². The number of fused-ring (bicyclic) bond motifs is 3. The number of imidazole rings is 1. The van der Waals surface area contributed by atoms with Crippen molar-refractivity contribution in [1.82, 2.24) is 18.7 Å². The van der Waals surface area contributed by atoms with Crippen molar-refractivity contribution in [3.05, 3.63) is 60.6 Å². The highest BCUT2D eigenvalue weighted by Gasteiger charge is 2.32. The number of halogens is 2. The van der Waals surface area contributed by atoms with Crippen molar-refractivity contribution in [3.63, 3.8) is 0 Å². The van der Waals surface area contributed by atoms with Crippen molar-refractivity contribution in [2.75, 3.05) is 17.8 Å². The summed E-state index contributed by atoms with van der Waals surface area (Å²) in [7, 11) is -4.13. The Kier molecular flexibility index (Phi) is 5.07. The van der Waals surface area contributed by atoms with Gasteiger partial charge in [-0.3, -0.25) is 9.12 Å². The third kappa shape index (κ3) is 3.81. The number of nitriles is 1. The molecule has 1 saturated heterocycles. The van der Waals surface area contributed by atoms with Gasteiger partial charge in [-0.1, -0.05) is 0 Å². The van der Waals surface area contributed by atoms with Gasteiger partial charge in [-0.15, -0.1) is 0 Å². The number of nitrogens with one attached hydrogen (secondary N) is 1. The quantitative estimate of drug-likeness (QED) is 0.479. The zero-order chi connectivity index (χ0) is 23.2. The van der Waals surface area contributed by atoms with Gasteiger partial charge in [0.25, 0.3) is 0 Å². The molecule has 0 aliphatic carbocycles. The van der Waals surface area contributed by atoms with Crippen LogP contribution in [-0.4, -0.2) is 46.4 Å². The highest BCUT2D eigenvalue weighted by Crippen LogP contribution is 2.35. The number of ether oxygens (including phenoxy) is 1. The van der Waals surface area contributed by atoms with Crippen LogP contribution in [0.4, 0.5) is 14.5 Å². The third-order valence-electron chi connectivity index (χ3n) is 5.34. The molecule has 0 amide bonds. The standard InChI is InChI=1S/C21H16F2N6O3S/c22-13-5-6-29(10-13)33(30,31)27-19-4-2-17(23)21(16(19)8-24)32-14-1-3-18-15(7-14)20-9-25-11-28(20)12-26-18/h1-4,7,9,11-13,27H,5-6,10H2/t13-/m0/s1. The average molecular weight is 470 g/mol. The van der Waals surface area contributed by atoms with E-state index in [0.29, 0.717) is 10.9 Å². The second kappa shape index (κ2) is 7.95. The van der Waals surface area contributed by atoms with Crippen molar-refractivity contribution in [2.24, 2.45) is 0 Å². The van der Waals surface area contributed by atoms with Crippen LogP contribution in [0.5, 0.6) is 11.5 Å². The van der Waals surface area contributed by atoms with Crippen LogP contribution in [0, 0.1) is 17.1 Å². The molecule has 4 aromatic rings. The molecule has 33 heavy (non-hydrogen) atoms. The fourth-order valence-corrected chi connectivity index (χ4v) is 4.99. The number of aromatic nitrogens is 3. The van der Waals surface area contributed by atoms with E-state index in [1.54, 1.807) is 47.5 Å². The minimum atomic E-state index is -4.13. The molecule has 12 heteroatoms. The molecule has 1 aliphatic heterocycles. The van der Waals surface area contributed by atoms with E-state index in [1.165, 1.54) is 0 Å². The Morgan fingerprint density at radius 2 is 2.09 bits per heavy atom. The Balaban J connectivity index is 1.52. The fourth-order valence-electron chi connectivity index (χ4n) is 3.71. The van der Waals surface area contributed by atoms with Crippen molar-refractivity contribution in [1.29, 1.82) is 5.26 Å². The minimum Gasteiger partial charge on any atom is -0.453 e. The molecule has 9 nitrogen and oxygen atoms in total. The van der Waals surface area contributed by atoms with Crippen molar-refractivity contribution in [2.45, 2.75) is 12.6 Å². The molecule has 2 aromatic carbocycles. The zero-order valence-corrected chi connectivity index (χ0v) is 17.8. The molecule has 0 saturated carbocycles. The highest BCUT2D eigenvalue weighted by molar-refractivity contribution is 7.90. The lowest BCUT2D eigenvalue weighted by atomic mass is 10.1. The van der Waals surface area contributed by atoms with Gasteiger partial charge in [0.2, 0.25) is 0 Å². The van der Waals surface area contributed by atoms with Crippen LogP contribution in [0.1, 0.15) is 12.0 Å². The van der Waals surface area contributed by atoms with Crippen LogP contribution in [0.15, 0.2) is 49.2 Å². The Morgan fingerprint density at radius 3 is 2.85 bits per heavy atom. The molecular weight excluding hydrogens is 454 g/mol. The smallest absolute Gasteiger partial charge is 0.301 e. The molecule has 168 valence electrons. The lowest BCUT2D eigenvalue weighted by Gasteiger charge is -2.18. The molecule has 0 spiro atoms. The van der Waals surface area contributed by atoms with E-state index in [2.05, 4.69) is 14.7 Å². The van der Waals surface area contributed by atoms with Gasteiger partial charge < -0.3 is 4.74 Å². The molecule has 2 aromatic heterocycles. The highest BCUT2D eigenvalue weighted by atomic mass is 32.2. The number of hydrogen-bond acceptors (Lipinski definition) is 6. The van der Waals surface area contributed by atoms with Crippen LogP contribution in [0.3, 0.4) is 0 Å². The molecule has 0 radical (unpaired) electrons. The van der Waals surface area contributed by atoms with Gasteiger partial charge >= 0.3 is 10.2 Å². The molecular formula is C21H16F2N6O3S. The SMILES string of the molecule is N#Cc1c(NS(=O)(=O)N2CC[C@H](F)C2)ccc(F)c1Oc1ccc2ncn3cncc3c2c1. The first-order chi connectivity index (χ1) is 15.9. The summed E-state index contributed by atoms with van der Waals surface area (Å²) < 4.78 is 63.9. The maximum Gasteiger partial charge on any atom is 0.301 e. The summed E-state index contributed by atoms with van der Waals surface area (Å²) in [5.74, 6) is -1.07. The van der Waals surface area contributed by atoms with Crippen LogP contribution in [0.25, 0.3) is 16.4 Å². The van der Waals surface area contributed by atoms with Crippen LogP contribution in [0.2, 0.25) is 0 Å². The predicted octanol–water partition coefficient (Wildman–Crippen LogP) is 3.39. The average Bonchev–Trinajstić information content (AvgIpc) is 3.45. The number of hydrogen-bond donors (Lipinski definition) is 1. The van der Waals surface area contributed by atoms with Gasteiger partial charge in [0.1, 0.15) is 36.2 Å². The summed E-state index contributed by atoms with van der Waals surface area (Å²) in [5.41, 5.74) is 0.909. The zero-order valence-electron chi connectivity index (χ0n) is 16.9.